The average molecular weight is 199 g/mol. The summed E-state index contributed by atoms with van der Waals surface area (Å²) in [5.41, 5.74) is 5.38. The largest absolute Gasteiger partial charge is 0.458 e. The van der Waals surface area contributed by atoms with E-state index in [0.717, 1.165) is 12.8 Å². The van der Waals surface area contributed by atoms with Crippen LogP contribution in [0.4, 0.5) is 0 Å². The molecule has 0 bridgehead atoms. The van der Waals surface area contributed by atoms with Crippen molar-refractivity contribution in [3.05, 3.63) is 0 Å². The maximum atomic E-state index is 11.6. The molecule has 1 aliphatic carbocycles. The normalized spacial score (nSPS) is 19.6. The maximum Gasteiger partial charge on any atom is 0.323 e. The second kappa shape index (κ2) is 3.89. The van der Waals surface area contributed by atoms with Gasteiger partial charge < -0.3 is 10.5 Å². The summed E-state index contributed by atoms with van der Waals surface area (Å²) >= 11 is 0. The molecule has 2 N–H and O–H groups in total. The summed E-state index contributed by atoms with van der Waals surface area (Å²) in [6.07, 6.45) is 2.33. The number of ether oxygens (including phenoxy) is 1. The number of hydrogen-bond acceptors (Lipinski definition) is 3. The van der Waals surface area contributed by atoms with Crippen LogP contribution in [-0.4, -0.2) is 17.6 Å². The van der Waals surface area contributed by atoms with Crippen LogP contribution < -0.4 is 5.73 Å². The minimum Gasteiger partial charge on any atom is -0.458 e. The summed E-state index contributed by atoms with van der Waals surface area (Å²) in [6.45, 7) is 7.79. The first-order valence-corrected chi connectivity index (χ1v) is 5.33. The van der Waals surface area contributed by atoms with E-state index in [9.17, 15) is 4.79 Å². The number of carbonyl (C=O) groups excluding carboxylic acids is 1. The number of nitrogens with two attached hydrogens (primary N) is 1. The standard InChI is InChI=1S/C11H21NO2/c1-7(2)9(12)10(13)14-11(3,4)8-5-6-8/h7-9H,5-6,12H2,1-4H3/t9-/m0/s1. The number of esters is 1. The van der Waals surface area contributed by atoms with Gasteiger partial charge in [0.2, 0.25) is 0 Å². The molecule has 0 aromatic carbocycles. The molecule has 0 aromatic rings. The molecule has 3 nitrogen and oxygen atoms in total. The summed E-state index contributed by atoms with van der Waals surface area (Å²) in [7, 11) is 0. The van der Waals surface area contributed by atoms with Crippen LogP contribution in [0.15, 0.2) is 0 Å². The van der Waals surface area contributed by atoms with E-state index in [1.165, 1.54) is 0 Å². The fourth-order valence-electron chi connectivity index (χ4n) is 1.46. The average Bonchev–Trinajstić information content (AvgIpc) is 2.83. The van der Waals surface area contributed by atoms with Gasteiger partial charge in [-0.25, -0.2) is 0 Å². The van der Waals surface area contributed by atoms with Gasteiger partial charge in [-0.1, -0.05) is 13.8 Å². The molecular formula is C11H21NO2. The van der Waals surface area contributed by atoms with Crippen molar-refractivity contribution in [1.82, 2.24) is 0 Å². The Bertz CT molecular complexity index is 219. The summed E-state index contributed by atoms with van der Waals surface area (Å²) in [5, 5.41) is 0. The molecule has 0 radical (unpaired) electrons. The minimum atomic E-state index is -0.493. The second-order valence-corrected chi connectivity index (χ2v) is 5.07. The van der Waals surface area contributed by atoms with Gasteiger partial charge in [0.15, 0.2) is 0 Å². The highest BCUT2D eigenvalue weighted by Crippen LogP contribution is 2.41. The van der Waals surface area contributed by atoms with E-state index in [4.69, 9.17) is 10.5 Å². The van der Waals surface area contributed by atoms with Crippen molar-refractivity contribution in [3.8, 4) is 0 Å². The lowest BCUT2D eigenvalue weighted by atomic mass is 10.0. The Kier molecular flexibility index (Phi) is 3.20. The smallest absolute Gasteiger partial charge is 0.323 e. The summed E-state index contributed by atoms with van der Waals surface area (Å²) in [4.78, 5) is 11.6. The molecule has 0 aromatic heterocycles. The zero-order chi connectivity index (χ0) is 10.9. The SMILES string of the molecule is CC(C)[C@H](N)C(=O)OC(C)(C)C1CC1. The van der Waals surface area contributed by atoms with E-state index in [0.29, 0.717) is 5.92 Å². The van der Waals surface area contributed by atoms with Gasteiger partial charge in [0.1, 0.15) is 11.6 Å². The summed E-state index contributed by atoms with van der Waals surface area (Å²) in [5.74, 6) is 0.403. The molecule has 3 heteroatoms. The molecule has 0 saturated heterocycles. The first kappa shape index (κ1) is 11.5. The Morgan fingerprint density at radius 1 is 1.43 bits per heavy atom. The van der Waals surface area contributed by atoms with E-state index in [2.05, 4.69) is 0 Å². The fraction of sp³-hybridized carbons (Fsp3) is 0.909. The highest BCUT2D eigenvalue weighted by molar-refractivity contribution is 5.76. The van der Waals surface area contributed by atoms with Crippen molar-refractivity contribution >= 4 is 5.97 Å². The van der Waals surface area contributed by atoms with Crippen LogP contribution >= 0.6 is 0 Å². The van der Waals surface area contributed by atoms with Gasteiger partial charge in [0.05, 0.1) is 0 Å². The molecular weight excluding hydrogens is 178 g/mol. The molecule has 1 saturated carbocycles. The maximum absolute atomic E-state index is 11.6. The Hall–Kier alpha value is -0.570. The highest BCUT2D eigenvalue weighted by atomic mass is 16.6. The molecule has 0 amide bonds. The van der Waals surface area contributed by atoms with Crippen LogP contribution in [0.25, 0.3) is 0 Å². The molecule has 0 unspecified atom stereocenters. The Balaban J connectivity index is 2.46. The van der Waals surface area contributed by atoms with Gasteiger partial charge in [0, 0.05) is 0 Å². The summed E-state index contributed by atoms with van der Waals surface area (Å²) < 4.78 is 5.42. The van der Waals surface area contributed by atoms with Gasteiger partial charge in [-0.2, -0.15) is 0 Å². The third kappa shape index (κ3) is 2.71. The number of rotatable bonds is 4. The molecule has 82 valence electrons. The Morgan fingerprint density at radius 2 is 1.93 bits per heavy atom. The van der Waals surface area contributed by atoms with Crippen LogP contribution in [0.2, 0.25) is 0 Å². The van der Waals surface area contributed by atoms with Crippen molar-refractivity contribution in [2.75, 3.05) is 0 Å². The third-order valence-electron chi connectivity index (χ3n) is 2.91. The van der Waals surface area contributed by atoms with Crippen LogP contribution in [-0.2, 0) is 9.53 Å². The fourth-order valence-corrected chi connectivity index (χ4v) is 1.46. The van der Waals surface area contributed by atoms with Crippen molar-refractivity contribution < 1.29 is 9.53 Å². The Morgan fingerprint density at radius 3 is 2.29 bits per heavy atom. The van der Waals surface area contributed by atoms with E-state index in [1.54, 1.807) is 0 Å². The lowest BCUT2D eigenvalue weighted by Gasteiger charge is -2.27. The first-order valence-electron chi connectivity index (χ1n) is 5.33. The van der Waals surface area contributed by atoms with Gasteiger partial charge in [-0.05, 0) is 38.5 Å². The zero-order valence-corrected chi connectivity index (χ0v) is 9.54. The lowest BCUT2D eigenvalue weighted by molar-refractivity contribution is -0.161. The van der Waals surface area contributed by atoms with Gasteiger partial charge in [0.25, 0.3) is 0 Å². The van der Waals surface area contributed by atoms with E-state index >= 15 is 0 Å². The first-order chi connectivity index (χ1) is 6.34. The van der Waals surface area contributed by atoms with Crippen molar-refractivity contribution in [2.45, 2.75) is 52.2 Å². The number of hydrogen-bond donors (Lipinski definition) is 1. The zero-order valence-electron chi connectivity index (χ0n) is 9.54. The van der Waals surface area contributed by atoms with Crippen LogP contribution in [0, 0.1) is 11.8 Å². The predicted octanol–water partition coefficient (Wildman–Crippen LogP) is 1.70. The number of carbonyl (C=O) groups is 1. The van der Waals surface area contributed by atoms with Crippen LogP contribution in [0.3, 0.4) is 0 Å². The van der Waals surface area contributed by atoms with Gasteiger partial charge >= 0.3 is 5.97 Å². The lowest BCUT2D eigenvalue weighted by Crippen LogP contribution is -2.42. The monoisotopic (exact) mass is 199 g/mol. The van der Waals surface area contributed by atoms with Crippen LogP contribution in [0.1, 0.15) is 40.5 Å². The molecule has 0 heterocycles. The highest BCUT2D eigenvalue weighted by Gasteiger charge is 2.41. The third-order valence-corrected chi connectivity index (χ3v) is 2.91. The van der Waals surface area contributed by atoms with Crippen LogP contribution in [0.5, 0.6) is 0 Å². The van der Waals surface area contributed by atoms with Crippen molar-refractivity contribution in [3.63, 3.8) is 0 Å². The van der Waals surface area contributed by atoms with Crippen molar-refractivity contribution in [1.29, 1.82) is 0 Å². The van der Waals surface area contributed by atoms with E-state index in [-0.39, 0.29) is 17.5 Å². The molecule has 0 spiro atoms. The minimum absolute atomic E-state index is 0.137. The molecule has 1 aliphatic rings. The van der Waals surface area contributed by atoms with E-state index < -0.39 is 6.04 Å². The summed E-state index contributed by atoms with van der Waals surface area (Å²) in [6, 6.07) is -0.493. The van der Waals surface area contributed by atoms with Crippen molar-refractivity contribution in [2.24, 2.45) is 17.6 Å². The topological polar surface area (TPSA) is 52.3 Å². The molecule has 0 aliphatic heterocycles. The van der Waals surface area contributed by atoms with E-state index in [1.807, 2.05) is 27.7 Å². The quantitative estimate of drug-likeness (QED) is 0.701. The predicted molar refractivity (Wildman–Crippen MR) is 55.7 cm³/mol. The Labute approximate surface area is 86.0 Å². The molecule has 1 atom stereocenters. The molecule has 14 heavy (non-hydrogen) atoms. The molecule has 1 rings (SSSR count). The second-order valence-electron chi connectivity index (χ2n) is 5.07. The van der Waals surface area contributed by atoms with Gasteiger partial charge in [-0.3, -0.25) is 4.79 Å². The van der Waals surface area contributed by atoms with Gasteiger partial charge in [-0.15, -0.1) is 0 Å². The molecule has 1 fully saturated rings.